The molecule has 0 radical (unpaired) electrons. The first-order valence-corrected chi connectivity index (χ1v) is 12.8. The molecule has 6 aromatic rings. The average molecular weight is 509 g/mol. The zero-order chi connectivity index (χ0) is 27.1. The molecule has 0 spiro atoms. The van der Waals surface area contributed by atoms with E-state index in [1.54, 1.807) is 7.11 Å². The molecule has 4 heteroatoms. The fourth-order valence-electron chi connectivity index (χ4n) is 5.65. The second-order valence-corrected chi connectivity index (χ2v) is 9.67. The summed E-state index contributed by atoms with van der Waals surface area (Å²) in [7, 11) is 1.62. The molecule has 0 bridgehead atoms. The van der Waals surface area contributed by atoms with Crippen molar-refractivity contribution in [2.24, 2.45) is 11.5 Å². The average Bonchev–Trinajstić information content (AvgIpc) is 2.97. The molecule has 0 unspecified atom stereocenters. The van der Waals surface area contributed by atoms with Gasteiger partial charge in [-0.1, -0.05) is 97.1 Å². The van der Waals surface area contributed by atoms with E-state index in [9.17, 15) is 4.79 Å². The van der Waals surface area contributed by atoms with E-state index in [0.29, 0.717) is 11.3 Å². The van der Waals surface area contributed by atoms with Crippen LogP contribution in [0.2, 0.25) is 0 Å². The number of allylic oxidation sites excluding steroid dienone is 1. The van der Waals surface area contributed by atoms with Gasteiger partial charge in [-0.3, -0.25) is 4.79 Å². The number of rotatable bonds is 6. The van der Waals surface area contributed by atoms with Crippen molar-refractivity contribution < 1.29 is 9.53 Å². The first-order valence-electron chi connectivity index (χ1n) is 12.8. The third-order valence-corrected chi connectivity index (χ3v) is 7.57. The van der Waals surface area contributed by atoms with E-state index < -0.39 is 0 Å². The second kappa shape index (κ2) is 9.66. The SMILES string of the molecule is CO/C(=C\N)c1ccc(-c2ccc3ccc4c(-c5ccc(/C(=C/N)C(C)=O)cc5)ccc5ccc2c3c54)cc1. The maximum Gasteiger partial charge on any atom is 0.161 e. The van der Waals surface area contributed by atoms with Crippen molar-refractivity contribution in [3.63, 3.8) is 0 Å². The Kier molecular flexibility index (Phi) is 6.01. The van der Waals surface area contributed by atoms with Gasteiger partial charge in [-0.25, -0.2) is 0 Å². The van der Waals surface area contributed by atoms with E-state index in [1.807, 2.05) is 24.3 Å². The molecule has 0 atom stereocenters. The van der Waals surface area contributed by atoms with Crippen molar-refractivity contribution in [3.05, 3.63) is 121 Å². The molecule has 4 N–H and O–H groups in total. The number of Topliss-reactive ketones (excluding diaryl/α,β-unsaturated/α-hetero) is 1. The predicted octanol–water partition coefficient (Wildman–Crippen LogP) is 7.71. The summed E-state index contributed by atoms with van der Waals surface area (Å²) >= 11 is 0. The summed E-state index contributed by atoms with van der Waals surface area (Å²) in [6, 6.07) is 34.0. The Balaban J connectivity index is 1.52. The summed E-state index contributed by atoms with van der Waals surface area (Å²) in [6.07, 6.45) is 2.86. The number of hydrogen-bond acceptors (Lipinski definition) is 4. The smallest absolute Gasteiger partial charge is 0.161 e. The van der Waals surface area contributed by atoms with Crippen LogP contribution in [0.15, 0.2) is 109 Å². The van der Waals surface area contributed by atoms with Gasteiger partial charge < -0.3 is 16.2 Å². The monoisotopic (exact) mass is 508 g/mol. The Morgan fingerprint density at radius 1 is 0.615 bits per heavy atom. The van der Waals surface area contributed by atoms with Gasteiger partial charge in [0.25, 0.3) is 0 Å². The van der Waals surface area contributed by atoms with Crippen LogP contribution in [0.1, 0.15) is 18.1 Å². The summed E-state index contributed by atoms with van der Waals surface area (Å²) in [6.45, 7) is 1.53. The summed E-state index contributed by atoms with van der Waals surface area (Å²) in [5, 5.41) is 7.34. The minimum absolute atomic E-state index is 0.0478. The summed E-state index contributed by atoms with van der Waals surface area (Å²) in [5.74, 6) is 0.600. The van der Waals surface area contributed by atoms with Crippen LogP contribution in [0, 0.1) is 0 Å². The van der Waals surface area contributed by atoms with Crippen LogP contribution in [0.25, 0.3) is 65.9 Å². The quantitative estimate of drug-likeness (QED) is 0.137. The molecule has 0 aliphatic rings. The summed E-state index contributed by atoms with van der Waals surface area (Å²) in [4.78, 5) is 11.9. The molecule has 0 amide bonds. The highest BCUT2D eigenvalue weighted by Gasteiger charge is 2.15. The van der Waals surface area contributed by atoms with Crippen molar-refractivity contribution >= 4 is 49.4 Å². The maximum absolute atomic E-state index is 11.9. The van der Waals surface area contributed by atoms with Crippen LogP contribution in [0.3, 0.4) is 0 Å². The molecule has 190 valence electrons. The molecule has 0 aliphatic heterocycles. The third-order valence-electron chi connectivity index (χ3n) is 7.57. The van der Waals surface area contributed by atoms with Crippen LogP contribution < -0.4 is 11.5 Å². The number of benzene rings is 6. The Hall–Kier alpha value is -5.09. The third kappa shape index (κ3) is 3.98. The largest absolute Gasteiger partial charge is 0.495 e. The fraction of sp³-hybridized carbons (Fsp3) is 0.0571. The minimum Gasteiger partial charge on any atom is -0.495 e. The molecule has 0 aromatic heterocycles. The molecule has 0 saturated carbocycles. The second-order valence-electron chi connectivity index (χ2n) is 9.67. The summed E-state index contributed by atoms with van der Waals surface area (Å²) in [5.41, 5.74) is 18.3. The van der Waals surface area contributed by atoms with Gasteiger partial charge in [0, 0.05) is 23.5 Å². The standard InChI is InChI=1S/C35H28N2O2/c1-21(38)32(19-36)24-5-3-22(4-6-24)28-15-11-26-14-18-31-29(16-12-27-13-17-30(28)34(26)35(27)31)23-7-9-25(10-8-23)33(20-37)39-2/h3-20H,36-37H2,1-2H3/b32-19+,33-20-. The lowest BCUT2D eigenvalue weighted by Crippen LogP contribution is -1.99. The Bertz CT molecular complexity index is 1910. The Labute approximate surface area is 227 Å². The van der Waals surface area contributed by atoms with E-state index in [2.05, 4.69) is 72.8 Å². The molecule has 0 heterocycles. The molecule has 6 aromatic carbocycles. The number of carbonyl (C=O) groups is 1. The lowest BCUT2D eigenvalue weighted by molar-refractivity contribution is -0.111. The van der Waals surface area contributed by atoms with Gasteiger partial charge in [-0.05, 0) is 67.1 Å². The number of ether oxygens (including phenoxy) is 1. The Morgan fingerprint density at radius 2 is 1.08 bits per heavy atom. The van der Waals surface area contributed by atoms with Crippen LogP contribution in [-0.2, 0) is 9.53 Å². The molecular formula is C35H28N2O2. The van der Waals surface area contributed by atoms with Crippen LogP contribution in [0.5, 0.6) is 0 Å². The van der Waals surface area contributed by atoms with Crippen molar-refractivity contribution in [2.75, 3.05) is 7.11 Å². The molecule has 39 heavy (non-hydrogen) atoms. The first-order chi connectivity index (χ1) is 19.0. The van der Waals surface area contributed by atoms with Gasteiger partial charge in [0.1, 0.15) is 5.76 Å². The molecule has 4 nitrogen and oxygen atoms in total. The minimum atomic E-state index is -0.0478. The van der Waals surface area contributed by atoms with Crippen molar-refractivity contribution in [2.45, 2.75) is 6.92 Å². The lowest BCUT2D eigenvalue weighted by atomic mass is 9.87. The van der Waals surface area contributed by atoms with Gasteiger partial charge in [-0.2, -0.15) is 0 Å². The van der Waals surface area contributed by atoms with E-state index in [4.69, 9.17) is 16.2 Å². The number of hydrogen-bond donors (Lipinski definition) is 2. The van der Waals surface area contributed by atoms with Crippen molar-refractivity contribution in [1.82, 2.24) is 0 Å². The van der Waals surface area contributed by atoms with Gasteiger partial charge >= 0.3 is 0 Å². The topological polar surface area (TPSA) is 78.3 Å². The number of ketones is 1. The van der Waals surface area contributed by atoms with Gasteiger partial charge in [0.2, 0.25) is 0 Å². The lowest BCUT2D eigenvalue weighted by Gasteiger charge is -2.17. The van der Waals surface area contributed by atoms with Crippen LogP contribution in [-0.4, -0.2) is 12.9 Å². The fourth-order valence-corrected chi connectivity index (χ4v) is 5.65. The Morgan fingerprint density at radius 3 is 1.49 bits per heavy atom. The molecular weight excluding hydrogens is 480 g/mol. The normalized spacial score (nSPS) is 12.5. The van der Waals surface area contributed by atoms with Gasteiger partial charge in [-0.15, -0.1) is 0 Å². The highest BCUT2D eigenvalue weighted by atomic mass is 16.5. The van der Waals surface area contributed by atoms with Gasteiger partial charge in [0.05, 0.1) is 7.11 Å². The predicted molar refractivity (Wildman–Crippen MR) is 163 cm³/mol. The van der Waals surface area contributed by atoms with Gasteiger partial charge in [0.15, 0.2) is 5.78 Å². The summed E-state index contributed by atoms with van der Waals surface area (Å²) < 4.78 is 5.37. The van der Waals surface area contributed by atoms with Crippen molar-refractivity contribution in [1.29, 1.82) is 0 Å². The van der Waals surface area contributed by atoms with E-state index >= 15 is 0 Å². The van der Waals surface area contributed by atoms with Crippen LogP contribution >= 0.6 is 0 Å². The van der Waals surface area contributed by atoms with Crippen LogP contribution in [0.4, 0.5) is 0 Å². The first kappa shape index (κ1) is 24.3. The zero-order valence-electron chi connectivity index (χ0n) is 21.9. The van der Waals surface area contributed by atoms with Crippen molar-refractivity contribution in [3.8, 4) is 22.3 Å². The molecule has 0 aliphatic carbocycles. The molecule has 0 saturated heterocycles. The zero-order valence-corrected chi connectivity index (χ0v) is 21.9. The van der Waals surface area contributed by atoms with E-state index in [1.165, 1.54) is 57.2 Å². The number of methoxy groups -OCH3 is 1. The highest BCUT2D eigenvalue weighted by Crippen LogP contribution is 2.42. The van der Waals surface area contributed by atoms with E-state index in [0.717, 1.165) is 27.8 Å². The van der Waals surface area contributed by atoms with E-state index in [-0.39, 0.29) is 5.78 Å². The molecule has 6 rings (SSSR count). The molecule has 0 fully saturated rings. The maximum atomic E-state index is 11.9. The highest BCUT2D eigenvalue weighted by molar-refractivity contribution is 6.27. The number of nitrogens with two attached hydrogens (primary N) is 2. The number of carbonyl (C=O) groups excluding carboxylic acids is 1.